The predicted octanol–water partition coefficient (Wildman–Crippen LogP) is 4.84. The molecule has 0 aliphatic rings. The lowest BCUT2D eigenvalue weighted by Gasteiger charge is -2.22. The van der Waals surface area contributed by atoms with Crippen LogP contribution in [-0.2, 0) is 0 Å². The molecule has 0 amide bonds. The summed E-state index contributed by atoms with van der Waals surface area (Å²) in [6.45, 7) is 4.16. The summed E-state index contributed by atoms with van der Waals surface area (Å²) in [5.41, 5.74) is 2.55. The Morgan fingerprint density at radius 3 is 2.71 bits per heavy atom. The van der Waals surface area contributed by atoms with Crippen molar-refractivity contribution in [3.8, 4) is 5.75 Å². The predicted molar refractivity (Wildman–Crippen MR) is 98.1 cm³/mol. The van der Waals surface area contributed by atoms with Crippen LogP contribution in [0.4, 0.5) is 5.82 Å². The quantitative estimate of drug-likeness (QED) is 0.660. The highest BCUT2D eigenvalue weighted by atomic mass is 16.3. The number of phenols is 1. The lowest BCUT2D eigenvalue weighted by Crippen LogP contribution is -2.13. The molecule has 2 heterocycles. The molecule has 0 aliphatic heterocycles. The Labute approximate surface area is 141 Å². The van der Waals surface area contributed by atoms with Crippen molar-refractivity contribution in [2.24, 2.45) is 0 Å². The topological polar surface area (TPSA) is 58.0 Å². The summed E-state index contributed by atoms with van der Waals surface area (Å²) in [7, 11) is 0. The average molecular weight is 319 g/mol. The van der Waals surface area contributed by atoms with Crippen molar-refractivity contribution in [3.05, 3.63) is 72.1 Å². The Balaban J connectivity index is 2.08. The zero-order valence-electron chi connectivity index (χ0n) is 13.9. The molecular weight excluding hydrogens is 298 g/mol. The molecule has 0 aliphatic carbocycles. The van der Waals surface area contributed by atoms with Crippen molar-refractivity contribution in [3.63, 3.8) is 0 Å². The van der Waals surface area contributed by atoms with E-state index in [1.807, 2.05) is 42.5 Å². The van der Waals surface area contributed by atoms with Gasteiger partial charge in [0.2, 0.25) is 0 Å². The molecule has 0 spiro atoms. The molecule has 0 bridgehead atoms. The van der Waals surface area contributed by atoms with Crippen molar-refractivity contribution >= 4 is 16.7 Å². The summed E-state index contributed by atoms with van der Waals surface area (Å²) in [6.07, 6.45) is 6.53. The van der Waals surface area contributed by atoms with Crippen LogP contribution in [0.25, 0.3) is 10.9 Å². The van der Waals surface area contributed by atoms with Crippen LogP contribution in [0.5, 0.6) is 5.75 Å². The fourth-order valence-electron chi connectivity index (χ4n) is 2.85. The number of hydrogen-bond acceptors (Lipinski definition) is 4. The van der Waals surface area contributed by atoms with Gasteiger partial charge in [-0.2, -0.15) is 0 Å². The Hall–Kier alpha value is -2.88. The van der Waals surface area contributed by atoms with Gasteiger partial charge in [-0.3, -0.25) is 4.98 Å². The minimum absolute atomic E-state index is 0.161. The van der Waals surface area contributed by atoms with E-state index in [0.29, 0.717) is 5.52 Å². The lowest BCUT2D eigenvalue weighted by molar-refractivity contribution is 0.471. The van der Waals surface area contributed by atoms with Gasteiger partial charge < -0.3 is 10.4 Å². The number of nitrogens with zero attached hydrogens (tertiary/aromatic N) is 2. The minimum Gasteiger partial charge on any atom is -0.505 e. The van der Waals surface area contributed by atoms with Gasteiger partial charge in [0.15, 0.2) is 0 Å². The minimum atomic E-state index is -0.161. The van der Waals surface area contributed by atoms with E-state index >= 15 is 0 Å². The molecule has 0 saturated heterocycles. The SMILES string of the molecule is CCC=C(C)C(Nc1ccccn1)c1ccc2cccnc2c1O. The maximum Gasteiger partial charge on any atom is 0.147 e. The van der Waals surface area contributed by atoms with E-state index in [0.717, 1.165) is 28.8 Å². The number of rotatable bonds is 5. The van der Waals surface area contributed by atoms with Gasteiger partial charge in [0.05, 0.1) is 6.04 Å². The lowest BCUT2D eigenvalue weighted by atomic mass is 9.96. The molecule has 2 aromatic heterocycles. The van der Waals surface area contributed by atoms with E-state index in [1.165, 1.54) is 0 Å². The molecule has 0 fully saturated rings. The monoisotopic (exact) mass is 319 g/mol. The first-order valence-electron chi connectivity index (χ1n) is 8.11. The number of aromatic nitrogens is 2. The Morgan fingerprint density at radius 2 is 1.96 bits per heavy atom. The summed E-state index contributed by atoms with van der Waals surface area (Å²) in [5, 5.41) is 15.1. The van der Waals surface area contributed by atoms with Gasteiger partial charge in [-0.25, -0.2) is 4.98 Å². The van der Waals surface area contributed by atoms with Gasteiger partial charge in [-0.1, -0.05) is 42.8 Å². The number of aromatic hydroxyl groups is 1. The fraction of sp³-hybridized carbons (Fsp3) is 0.200. The molecular formula is C20H21N3O. The highest BCUT2D eigenvalue weighted by Crippen LogP contribution is 2.36. The van der Waals surface area contributed by atoms with Gasteiger partial charge >= 0.3 is 0 Å². The van der Waals surface area contributed by atoms with E-state index in [1.54, 1.807) is 12.4 Å². The van der Waals surface area contributed by atoms with Crippen LogP contribution in [0, 0.1) is 0 Å². The van der Waals surface area contributed by atoms with Crippen LogP contribution in [0.3, 0.4) is 0 Å². The largest absolute Gasteiger partial charge is 0.505 e. The highest BCUT2D eigenvalue weighted by molar-refractivity contribution is 5.85. The molecule has 1 aromatic carbocycles. The molecule has 0 radical (unpaired) electrons. The van der Waals surface area contributed by atoms with E-state index in [-0.39, 0.29) is 11.8 Å². The average Bonchev–Trinajstić information content (AvgIpc) is 2.62. The molecule has 1 unspecified atom stereocenters. The van der Waals surface area contributed by atoms with Crippen LogP contribution in [0.2, 0.25) is 0 Å². The summed E-state index contributed by atoms with van der Waals surface area (Å²) in [4.78, 5) is 8.67. The number of fused-ring (bicyclic) bond motifs is 1. The molecule has 4 nitrogen and oxygen atoms in total. The number of phenolic OH excluding ortho intramolecular Hbond substituents is 1. The maximum absolute atomic E-state index is 10.8. The molecule has 1 atom stereocenters. The van der Waals surface area contributed by atoms with Crippen LogP contribution >= 0.6 is 0 Å². The summed E-state index contributed by atoms with van der Waals surface area (Å²) in [6, 6.07) is 13.3. The van der Waals surface area contributed by atoms with Gasteiger partial charge in [-0.05, 0) is 31.5 Å². The second-order valence-corrected chi connectivity index (χ2v) is 5.73. The highest BCUT2D eigenvalue weighted by Gasteiger charge is 2.19. The van der Waals surface area contributed by atoms with Gasteiger partial charge in [-0.15, -0.1) is 0 Å². The first-order valence-corrected chi connectivity index (χ1v) is 8.11. The fourth-order valence-corrected chi connectivity index (χ4v) is 2.85. The van der Waals surface area contributed by atoms with Crippen LogP contribution in [0.1, 0.15) is 31.9 Å². The number of pyridine rings is 2. The van der Waals surface area contributed by atoms with Crippen molar-refractivity contribution in [2.75, 3.05) is 5.32 Å². The molecule has 2 N–H and O–H groups in total. The normalized spacial score (nSPS) is 13.0. The second kappa shape index (κ2) is 7.13. The van der Waals surface area contributed by atoms with Crippen molar-refractivity contribution in [1.29, 1.82) is 0 Å². The van der Waals surface area contributed by atoms with E-state index in [9.17, 15) is 5.11 Å². The van der Waals surface area contributed by atoms with E-state index < -0.39 is 0 Å². The third kappa shape index (κ3) is 3.23. The molecule has 3 rings (SSSR count). The molecule has 122 valence electrons. The Kier molecular flexibility index (Phi) is 4.75. The number of nitrogens with one attached hydrogen (secondary N) is 1. The molecule has 24 heavy (non-hydrogen) atoms. The third-order valence-electron chi connectivity index (χ3n) is 4.03. The van der Waals surface area contributed by atoms with E-state index in [4.69, 9.17) is 0 Å². The van der Waals surface area contributed by atoms with Crippen molar-refractivity contribution in [1.82, 2.24) is 9.97 Å². The van der Waals surface area contributed by atoms with Gasteiger partial charge in [0, 0.05) is 23.3 Å². The third-order valence-corrected chi connectivity index (χ3v) is 4.03. The molecule has 0 saturated carbocycles. The Bertz CT molecular complexity index is 859. The van der Waals surface area contributed by atoms with Crippen LogP contribution in [0.15, 0.2) is 66.5 Å². The first kappa shape index (κ1) is 16.0. The summed E-state index contributed by atoms with van der Waals surface area (Å²) in [5.74, 6) is 0.984. The molecule has 3 aromatic rings. The standard InChI is InChI=1S/C20H21N3O/c1-3-7-14(2)18(23-17-9-4-5-12-21-17)16-11-10-15-8-6-13-22-19(15)20(16)24/h4-13,18,24H,3H2,1-2H3,(H,21,23). The zero-order valence-corrected chi connectivity index (χ0v) is 13.9. The maximum atomic E-state index is 10.8. The second-order valence-electron chi connectivity index (χ2n) is 5.73. The molecule has 4 heteroatoms. The Morgan fingerprint density at radius 1 is 1.12 bits per heavy atom. The summed E-state index contributed by atoms with van der Waals surface area (Å²) < 4.78 is 0. The number of benzene rings is 1. The van der Waals surface area contributed by atoms with Crippen LogP contribution < -0.4 is 5.32 Å². The van der Waals surface area contributed by atoms with Gasteiger partial charge in [0.1, 0.15) is 17.1 Å². The first-order chi connectivity index (χ1) is 11.7. The van der Waals surface area contributed by atoms with Crippen LogP contribution in [-0.4, -0.2) is 15.1 Å². The van der Waals surface area contributed by atoms with E-state index in [2.05, 4.69) is 35.2 Å². The zero-order chi connectivity index (χ0) is 16.9. The number of allylic oxidation sites excluding steroid dienone is 1. The van der Waals surface area contributed by atoms with Crippen molar-refractivity contribution < 1.29 is 5.11 Å². The number of hydrogen-bond donors (Lipinski definition) is 2. The van der Waals surface area contributed by atoms with Gasteiger partial charge in [0.25, 0.3) is 0 Å². The number of anilines is 1. The smallest absolute Gasteiger partial charge is 0.147 e. The summed E-state index contributed by atoms with van der Waals surface area (Å²) >= 11 is 0. The van der Waals surface area contributed by atoms with Crippen molar-refractivity contribution in [2.45, 2.75) is 26.3 Å².